The van der Waals surface area contributed by atoms with Gasteiger partial charge >= 0.3 is 6.03 Å². The van der Waals surface area contributed by atoms with Gasteiger partial charge in [-0.1, -0.05) is 60.7 Å². The van der Waals surface area contributed by atoms with Crippen LogP contribution in [0.15, 0.2) is 89.8 Å². The minimum Gasteiger partial charge on any atom is -0.322 e. The van der Waals surface area contributed by atoms with E-state index in [4.69, 9.17) is 0 Å². The fourth-order valence-corrected chi connectivity index (χ4v) is 5.28. The molecule has 1 heterocycles. The number of amides is 2. The third-order valence-corrected chi connectivity index (χ3v) is 8.10. The number of rotatable bonds is 8. The summed E-state index contributed by atoms with van der Waals surface area (Å²) in [6, 6.07) is 26.1. The van der Waals surface area contributed by atoms with Crippen molar-refractivity contribution in [1.82, 2.24) is 14.1 Å². The van der Waals surface area contributed by atoms with E-state index in [9.17, 15) is 13.2 Å². The van der Waals surface area contributed by atoms with Gasteiger partial charge in [0.2, 0.25) is 10.0 Å². The number of sulfonamides is 1. The van der Waals surface area contributed by atoms with E-state index < -0.39 is 10.0 Å². The Labute approximate surface area is 208 Å². The molecule has 1 fully saturated rings. The number of carbonyl (C=O) groups is 1. The van der Waals surface area contributed by atoms with Crippen molar-refractivity contribution >= 4 is 21.7 Å². The Hall–Kier alpha value is -3.20. The van der Waals surface area contributed by atoms with Gasteiger partial charge in [0.25, 0.3) is 0 Å². The number of hydrogen-bond donors (Lipinski definition) is 1. The lowest BCUT2D eigenvalue weighted by molar-refractivity contribution is 0.148. The predicted octanol–water partition coefficient (Wildman–Crippen LogP) is 3.90. The largest absolute Gasteiger partial charge is 0.322 e. The van der Waals surface area contributed by atoms with Crippen LogP contribution in [0.4, 0.5) is 10.5 Å². The highest BCUT2D eigenvalue weighted by atomic mass is 32.2. The number of nitrogens with one attached hydrogen (secondary N) is 1. The van der Waals surface area contributed by atoms with Crippen LogP contribution in [-0.4, -0.2) is 68.3 Å². The molecule has 1 N–H and O–H groups in total. The summed E-state index contributed by atoms with van der Waals surface area (Å²) in [7, 11) is -2.06. The first kappa shape index (κ1) is 24.9. The number of urea groups is 1. The summed E-state index contributed by atoms with van der Waals surface area (Å²) in [5.41, 5.74) is 2.82. The van der Waals surface area contributed by atoms with Gasteiger partial charge in [0.05, 0.1) is 4.90 Å². The van der Waals surface area contributed by atoms with Crippen LogP contribution < -0.4 is 5.32 Å². The third-order valence-electron chi connectivity index (χ3n) is 6.28. The fraction of sp³-hybridized carbons (Fsp3) is 0.296. The standard InChI is InChI=1S/C27H32N4O3S/c1-29(22-24-10-6-3-7-11-24)35(33,34)26-14-12-25(13-15-26)28-27(32)31-20-18-30(19-21-31)17-16-23-8-4-2-5-9-23/h2-15H,16-22H2,1H3,(H,28,32). The van der Waals surface area contributed by atoms with Crippen LogP contribution in [0.25, 0.3) is 0 Å². The molecule has 1 aliphatic heterocycles. The van der Waals surface area contributed by atoms with E-state index in [1.54, 1.807) is 24.1 Å². The highest BCUT2D eigenvalue weighted by molar-refractivity contribution is 7.89. The van der Waals surface area contributed by atoms with Crippen LogP contribution in [0.2, 0.25) is 0 Å². The number of nitrogens with zero attached hydrogens (tertiary/aromatic N) is 3. The molecule has 4 rings (SSSR count). The van der Waals surface area contributed by atoms with E-state index in [2.05, 4.69) is 34.5 Å². The van der Waals surface area contributed by atoms with Crippen molar-refractivity contribution in [2.75, 3.05) is 45.1 Å². The number of benzene rings is 3. The van der Waals surface area contributed by atoms with Gasteiger partial charge in [0, 0.05) is 52.0 Å². The summed E-state index contributed by atoms with van der Waals surface area (Å²) in [5.74, 6) is 0. The van der Waals surface area contributed by atoms with E-state index in [1.165, 1.54) is 22.0 Å². The molecule has 0 radical (unpaired) electrons. The normalized spacial score (nSPS) is 14.7. The minimum atomic E-state index is -3.63. The van der Waals surface area contributed by atoms with Crippen molar-refractivity contribution < 1.29 is 13.2 Å². The van der Waals surface area contributed by atoms with Gasteiger partial charge in [-0.3, -0.25) is 4.90 Å². The Bertz CT molecular complexity index is 1190. The van der Waals surface area contributed by atoms with E-state index >= 15 is 0 Å². The number of anilines is 1. The summed E-state index contributed by atoms with van der Waals surface area (Å²) >= 11 is 0. The van der Waals surface area contributed by atoms with Crippen LogP contribution in [0.5, 0.6) is 0 Å². The Morgan fingerprint density at radius 3 is 2.00 bits per heavy atom. The maximum absolute atomic E-state index is 12.9. The molecule has 3 aromatic carbocycles. The summed E-state index contributed by atoms with van der Waals surface area (Å²) in [6.07, 6.45) is 1.00. The van der Waals surface area contributed by atoms with E-state index in [1.807, 2.05) is 36.4 Å². The highest BCUT2D eigenvalue weighted by Gasteiger charge is 2.23. The maximum Gasteiger partial charge on any atom is 0.321 e. The van der Waals surface area contributed by atoms with Crippen molar-refractivity contribution in [2.24, 2.45) is 0 Å². The predicted molar refractivity (Wildman–Crippen MR) is 139 cm³/mol. The van der Waals surface area contributed by atoms with E-state index in [-0.39, 0.29) is 10.9 Å². The first-order chi connectivity index (χ1) is 16.9. The number of hydrogen-bond acceptors (Lipinski definition) is 4. The Kier molecular flexibility index (Phi) is 8.17. The molecule has 0 unspecified atom stereocenters. The topological polar surface area (TPSA) is 73.0 Å². The van der Waals surface area contributed by atoms with E-state index in [0.29, 0.717) is 25.3 Å². The Morgan fingerprint density at radius 1 is 0.829 bits per heavy atom. The molecule has 1 aliphatic rings. The fourth-order valence-electron chi connectivity index (χ4n) is 4.12. The molecular weight excluding hydrogens is 460 g/mol. The SMILES string of the molecule is CN(Cc1ccccc1)S(=O)(=O)c1ccc(NC(=O)N2CCN(CCc3ccccc3)CC2)cc1. The van der Waals surface area contributed by atoms with Gasteiger partial charge < -0.3 is 10.2 Å². The molecule has 7 nitrogen and oxygen atoms in total. The summed E-state index contributed by atoms with van der Waals surface area (Å²) < 4.78 is 27.2. The first-order valence-electron chi connectivity index (χ1n) is 11.8. The van der Waals surface area contributed by atoms with Gasteiger partial charge in [-0.15, -0.1) is 0 Å². The summed E-state index contributed by atoms with van der Waals surface area (Å²) in [4.78, 5) is 17.1. The van der Waals surface area contributed by atoms with Crippen LogP contribution in [0.3, 0.4) is 0 Å². The van der Waals surface area contributed by atoms with Crippen LogP contribution in [-0.2, 0) is 23.0 Å². The molecule has 2 amide bonds. The smallest absolute Gasteiger partial charge is 0.321 e. The second-order valence-corrected chi connectivity index (χ2v) is 10.8. The molecule has 35 heavy (non-hydrogen) atoms. The van der Waals surface area contributed by atoms with Crippen molar-refractivity contribution in [1.29, 1.82) is 0 Å². The van der Waals surface area contributed by atoms with Gasteiger partial charge in [0.1, 0.15) is 0 Å². The summed E-state index contributed by atoms with van der Waals surface area (Å²) in [6.45, 7) is 4.28. The molecular formula is C27H32N4O3S. The monoisotopic (exact) mass is 492 g/mol. The number of piperazine rings is 1. The van der Waals surface area contributed by atoms with Crippen LogP contribution in [0, 0.1) is 0 Å². The van der Waals surface area contributed by atoms with Gasteiger partial charge in [-0.05, 0) is 41.8 Å². The first-order valence-corrected chi connectivity index (χ1v) is 13.3. The molecule has 0 atom stereocenters. The lowest BCUT2D eigenvalue weighted by Gasteiger charge is -2.34. The Morgan fingerprint density at radius 2 is 1.40 bits per heavy atom. The minimum absolute atomic E-state index is 0.162. The lowest BCUT2D eigenvalue weighted by Crippen LogP contribution is -2.50. The van der Waals surface area contributed by atoms with Gasteiger partial charge in [0.15, 0.2) is 0 Å². The molecule has 0 aliphatic carbocycles. The zero-order valence-corrected chi connectivity index (χ0v) is 20.8. The Balaban J connectivity index is 1.26. The van der Waals surface area contributed by atoms with Crippen molar-refractivity contribution in [3.63, 3.8) is 0 Å². The van der Waals surface area contributed by atoms with Gasteiger partial charge in [-0.25, -0.2) is 13.2 Å². The van der Waals surface area contributed by atoms with Crippen LogP contribution in [0.1, 0.15) is 11.1 Å². The molecule has 0 aromatic heterocycles. The average molecular weight is 493 g/mol. The zero-order chi connectivity index (χ0) is 24.7. The van der Waals surface area contributed by atoms with Crippen molar-refractivity contribution in [3.8, 4) is 0 Å². The second-order valence-electron chi connectivity index (χ2n) is 8.77. The van der Waals surface area contributed by atoms with Crippen molar-refractivity contribution in [2.45, 2.75) is 17.9 Å². The maximum atomic E-state index is 12.9. The average Bonchev–Trinajstić information content (AvgIpc) is 2.89. The number of carbonyl (C=O) groups excluding carboxylic acids is 1. The van der Waals surface area contributed by atoms with Crippen molar-refractivity contribution in [3.05, 3.63) is 96.1 Å². The summed E-state index contributed by atoms with van der Waals surface area (Å²) in [5, 5.41) is 2.89. The molecule has 8 heteroatoms. The quantitative estimate of drug-likeness (QED) is 0.518. The second kappa shape index (κ2) is 11.5. The molecule has 1 saturated heterocycles. The van der Waals surface area contributed by atoms with E-state index in [0.717, 1.165) is 31.6 Å². The van der Waals surface area contributed by atoms with Crippen LogP contribution >= 0.6 is 0 Å². The molecule has 0 bridgehead atoms. The molecule has 0 saturated carbocycles. The molecule has 0 spiro atoms. The molecule has 3 aromatic rings. The van der Waals surface area contributed by atoms with Gasteiger partial charge in [-0.2, -0.15) is 4.31 Å². The molecule has 184 valence electrons. The lowest BCUT2D eigenvalue weighted by atomic mass is 10.1. The zero-order valence-electron chi connectivity index (χ0n) is 20.0. The highest BCUT2D eigenvalue weighted by Crippen LogP contribution is 2.20. The third kappa shape index (κ3) is 6.69.